The summed E-state index contributed by atoms with van der Waals surface area (Å²) in [5.41, 5.74) is -1.14. The molecule has 5 rings (SSSR count). The van der Waals surface area contributed by atoms with E-state index < -0.39 is 52.0 Å². The van der Waals surface area contributed by atoms with Gasteiger partial charge in [-0.3, -0.25) is 19.7 Å². The van der Waals surface area contributed by atoms with E-state index in [0.29, 0.717) is 22.5 Å². The number of halogens is 4. The van der Waals surface area contributed by atoms with Crippen molar-refractivity contribution in [3.63, 3.8) is 0 Å². The molecule has 3 aromatic carbocycles. The van der Waals surface area contributed by atoms with Gasteiger partial charge in [0.2, 0.25) is 5.52 Å². The van der Waals surface area contributed by atoms with Gasteiger partial charge in [-0.1, -0.05) is 0 Å². The van der Waals surface area contributed by atoms with E-state index in [1.807, 2.05) is 0 Å². The zero-order chi connectivity index (χ0) is 35.5. The van der Waals surface area contributed by atoms with Crippen molar-refractivity contribution in [1.29, 1.82) is 5.26 Å². The molecule has 0 aliphatic heterocycles. The van der Waals surface area contributed by atoms with Gasteiger partial charge in [-0.2, -0.15) is 23.5 Å². The Morgan fingerprint density at radius 2 is 1.92 bits per heavy atom. The number of nitriles is 1. The zero-order valence-corrected chi connectivity index (χ0v) is 25.1. The van der Waals surface area contributed by atoms with Crippen molar-refractivity contribution in [3.8, 4) is 6.07 Å². The lowest BCUT2D eigenvalue weighted by atomic mass is 10.0. The number of hydrogen-bond donors (Lipinski definition) is 4. The van der Waals surface area contributed by atoms with Crippen molar-refractivity contribution in [1.82, 2.24) is 25.6 Å². The lowest BCUT2D eigenvalue weighted by Crippen LogP contribution is -2.43. The number of aromatic nitrogens is 3. The molecule has 2 amide bonds. The summed E-state index contributed by atoms with van der Waals surface area (Å²) in [4.78, 5) is 35.9. The molecule has 2 aromatic heterocycles. The quantitative estimate of drug-likeness (QED) is 0.0686. The SMILES string of the molecule is C[C@](O)(Cn1cc(/C=N\NC(=O)CNCc2ccc([N+](=O)[O-])c3nonc23)c2cc(F)ccc21)C(=O)Nc1ccc(C#N)c(C(F)(F)F)c1. The molecular weight excluding hydrogens is 658 g/mol. The van der Waals surface area contributed by atoms with E-state index in [-0.39, 0.29) is 41.1 Å². The molecule has 0 aliphatic carbocycles. The van der Waals surface area contributed by atoms with Gasteiger partial charge in [0, 0.05) is 41.0 Å². The van der Waals surface area contributed by atoms with Gasteiger partial charge in [0.25, 0.3) is 11.8 Å². The van der Waals surface area contributed by atoms with Crippen molar-refractivity contribution in [2.45, 2.75) is 31.8 Å². The van der Waals surface area contributed by atoms with E-state index in [1.54, 1.807) is 0 Å². The highest BCUT2D eigenvalue weighted by molar-refractivity contribution is 6.00. The first-order valence-corrected chi connectivity index (χ1v) is 14.0. The van der Waals surface area contributed by atoms with Crippen LogP contribution in [0.4, 0.5) is 28.9 Å². The van der Waals surface area contributed by atoms with Gasteiger partial charge in [0.1, 0.15) is 11.3 Å². The second-order valence-electron chi connectivity index (χ2n) is 10.8. The maximum atomic E-state index is 14.2. The fourth-order valence-corrected chi connectivity index (χ4v) is 4.87. The molecule has 5 aromatic rings. The van der Waals surface area contributed by atoms with Crippen molar-refractivity contribution in [3.05, 3.63) is 92.9 Å². The van der Waals surface area contributed by atoms with Crippen molar-refractivity contribution >= 4 is 51.3 Å². The first kappa shape index (κ1) is 34.1. The molecule has 0 fully saturated rings. The summed E-state index contributed by atoms with van der Waals surface area (Å²) in [7, 11) is 0. The summed E-state index contributed by atoms with van der Waals surface area (Å²) >= 11 is 0. The number of nitro groups is 1. The molecule has 0 spiro atoms. The Morgan fingerprint density at radius 3 is 2.63 bits per heavy atom. The smallest absolute Gasteiger partial charge is 0.378 e. The summed E-state index contributed by atoms with van der Waals surface area (Å²) in [6, 6.07) is 10.4. The summed E-state index contributed by atoms with van der Waals surface area (Å²) < 4.78 is 60.3. The molecule has 19 heteroatoms. The average molecular weight is 682 g/mol. The average Bonchev–Trinajstić information content (AvgIpc) is 3.65. The minimum absolute atomic E-state index is 0.0399. The fraction of sp³-hybridized carbons (Fsp3) is 0.200. The normalized spacial score (nSPS) is 13.0. The molecule has 49 heavy (non-hydrogen) atoms. The minimum atomic E-state index is -4.86. The van der Waals surface area contributed by atoms with Gasteiger partial charge in [0.15, 0.2) is 5.60 Å². The van der Waals surface area contributed by atoms with E-state index in [0.717, 1.165) is 25.1 Å². The predicted octanol–water partition coefficient (Wildman–Crippen LogP) is 3.74. The van der Waals surface area contributed by atoms with Crippen LogP contribution in [-0.2, 0) is 28.9 Å². The van der Waals surface area contributed by atoms with Gasteiger partial charge in [-0.15, -0.1) is 0 Å². The number of fused-ring (bicyclic) bond motifs is 2. The van der Waals surface area contributed by atoms with Crippen LogP contribution in [0.5, 0.6) is 0 Å². The van der Waals surface area contributed by atoms with Crippen molar-refractivity contribution in [2.75, 3.05) is 11.9 Å². The fourth-order valence-electron chi connectivity index (χ4n) is 4.87. The zero-order valence-electron chi connectivity index (χ0n) is 25.1. The standard InChI is InChI=1S/C30H23F4N9O6/c1-29(46,28(45)38-20-5-2-16(10-35)22(9-20)30(32,33)34)15-42-14-18(21-8-19(31)4-7-23(21)42)12-37-39-25(44)13-36-11-17-3-6-24(43(47)48)27-26(17)40-49-41-27/h2-9,12,14,36,46H,11,13,15H2,1H3,(H,38,45)(H,39,44)/b37-12-/t29-/m0/s1. The van der Waals surface area contributed by atoms with Crippen molar-refractivity contribution < 1.29 is 41.8 Å². The van der Waals surface area contributed by atoms with Gasteiger partial charge < -0.3 is 20.3 Å². The number of hydrazone groups is 1. The third kappa shape index (κ3) is 7.50. The molecule has 15 nitrogen and oxygen atoms in total. The van der Waals surface area contributed by atoms with Crippen LogP contribution in [0, 0.1) is 27.3 Å². The Bertz CT molecular complexity index is 2170. The van der Waals surface area contributed by atoms with E-state index in [4.69, 9.17) is 5.26 Å². The molecule has 0 saturated carbocycles. The molecule has 0 saturated heterocycles. The van der Waals surface area contributed by atoms with E-state index >= 15 is 0 Å². The molecule has 0 bridgehead atoms. The number of anilines is 1. The molecule has 1 atom stereocenters. The largest absolute Gasteiger partial charge is 0.417 e. The molecule has 0 radical (unpaired) electrons. The van der Waals surface area contributed by atoms with E-state index in [2.05, 4.69) is 36.1 Å². The molecule has 4 N–H and O–H groups in total. The molecule has 252 valence electrons. The van der Waals surface area contributed by atoms with Gasteiger partial charge in [-0.25, -0.2) is 14.4 Å². The van der Waals surface area contributed by atoms with Crippen LogP contribution in [0.15, 0.2) is 64.5 Å². The number of nitro benzene ring substituents is 1. The van der Waals surface area contributed by atoms with Gasteiger partial charge in [-0.05, 0) is 65.3 Å². The summed E-state index contributed by atoms with van der Waals surface area (Å²) in [5.74, 6) is -2.25. The highest BCUT2D eigenvalue weighted by Gasteiger charge is 2.35. The molecule has 0 aliphatic rings. The van der Waals surface area contributed by atoms with Crippen LogP contribution in [0.2, 0.25) is 0 Å². The molecule has 2 heterocycles. The third-order valence-electron chi connectivity index (χ3n) is 7.21. The number of amides is 2. The Morgan fingerprint density at radius 1 is 1.16 bits per heavy atom. The number of nitrogens with one attached hydrogen (secondary N) is 3. The summed E-state index contributed by atoms with van der Waals surface area (Å²) in [5, 5.41) is 47.7. The number of carbonyl (C=O) groups excluding carboxylic acids is 2. The second-order valence-corrected chi connectivity index (χ2v) is 10.8. The monoisotopic (exact) mass is 681 g/mol. The lowest BCUT2D eigenvalue weighted by molar-refractivity contribution is -0.383. The Hall–Kier alpha value is -6.26. The van der Waals surface area contributed by atoms with Gasteiger partial charge >= 0.3 is 11.9 Å². The highest BCUT2D eigenvalue weighted by Crippen LogP contribution is 2.34. The topological polar surface area (TPSA) is 214 Å². The Kier molecular flexibility index (Phi) is 9.36. The van der Waals surface area contributed by atoms with E-state index in [1.165, 1.54) is 47.3 Å². The second kappa shape index (κ2) is 13.5. The van der Waals surface area contributed by atoms with Crippen LogP contribution >= 0.6 is 0 Å². The first-order valence-electron chi connectivity index (χ1n) is 14.0. The number of carbonyl (C=O) groups is 2. The van der Waals surface area contributed by atoms with E-state index in [9.17, 15) is 42.4 Å². The maximum absolute atomic E-state index is 14.2. The van der Waals surface area contributed by atoms with Crippen LogP contribution in [0.25, 0.3) is 21.9 Å². The number of aliphatic hydroxyl groups is 1. The van der Waals surface area contributed by atoms with Crippen LogP contribution < -0.4 is 16.1 Å². The third-order valence-corrected chi connectivity index (χ3v) is 7.21. The lowest BCUT2D eigenvalue weighted by Gasteiger charge is -2.24. The first-order chi connectivity index (χ1) is 23.2. The summed E-state index contributed by atoms with van der Waals surface area (Å²) in [6.07, 6.45) is -2.23. The predicted molar refractivity (Wildman–Crippen MR) is 163 cm³/mol. The minimum Gasteiger partial charge on any atom is -0.378 e. The summed E-state index contributed by atoms with van der Waals surface area (Å²) in [6.45, 7) is 0.548. The number of non-ortho nitro benzene ring substituents is 1. The van der Waals surface area contributed by atoms with Crippen LogP contribution in [0.3, 0.4) is 0 Å². The Labute approximate surface area is 271 Å². The molecule has 0 unspecified atom stereocenters. The van der Waals surface area contributed by atoms with Gasteiger partial charge in [0.05, 0.1) is 41.4 Å². The maximum Gasteiger partial charge on any atom is 0.417 e. The number of benzene rings is 3. The number of rotatable bonds is 11. The highest BCUT2D eigenvalue weighted by atomic mass is 19.4. The number of nitrogens with zero attached hydrogens (tertiary/aromatic N) is 6. The van der Waals surface area contributed by atoms with Crippen LogP contribution in [-0.4, -0.2) is 55.1 Å². The Balaban J connectivity index is 1.25. The molecular formula is C30H23F4N9O6. The van der Waals surface area contributed by atoms with Crippen molar-refractivity contribution in [2.24, 2.45) is 5.10 Å². The number of alkyl halides is 3. The van der Waals surface area contributed by atoms with Crippen LogP contribution in [0.1, 0.15) is 29.2 Å². The number of hydrogen-bond acceptors (Lipinski definition) is 11.